The number of carbonyl (C=O) groups is 1. The number of hydrogen-bond donors (Lipinski definition) is 3. The van der Waals surface area contributed by atoms with Gasteiger partial charge in [0.05, 0.1) is 47.7 Å². The minimum Gasteiger partial charge on any atom is -0.394 e. The average Bonchev–Trinajstić information content (AvgIpc) is 2.90. The highest BCUT2D eigenvalue weighted by atomic mass is 32.2. The summed E-state index contributed by atoms with van der Waals surface area (Å²) in [5.74, 6) is -0.203. The van der Waals surface area contributed by atoms with Crippen molar-refractivity contribution in [3.05, 3.63) is 54.3 Å². The fraction of sp³-hybridized carbons (Fsp3) is 0.393. The fourth-order valence-corrected chi connectivity index (χ4v) is 5.83. The standard InChI is InChI=1S/C28H32FN5O5S/c1-18-16-39-13-12-34(18)26-31-23(15-24(32-26)22-14-20(29)6-9-25(22)40(2,37)38)19-4-7-21(8-5-19)30-27(36)33-28(17-35)10-3-11-28/h4-9,14-15,18,35H,3,10-13,16-17H2,1-2H3,(H2,30,33,36)/t18-/m0/s1. The van der Waals surface area contributed by atoms with Crippen LogP contribution in [0.2, 0.25) is 0 Å². The number of rotatable bonds is 7. The van der Waals surface area contributed by atoms with Crippen molar-refractivity contribution in [1.29, 1.82) is 0 Å². The molecule has 2 amide bonds. The van der Waals surface area contributed by atoms with Gasteiger partial charge in [-0.3, -0.25) is 0 Å². The zero-order valence-electron chi connectivity index (χ0n) is 22.4. The summed E-state index contributed by atoms with van der Waals surface area (Å²) in [7, 11) is -3.68. The number of urea groups is 1. The van der Waals surface area contributed by atoms with E-state index in [1.807, 2.05) is 11.8 Å². The number of anilines is 2. The quantitative estimate of drug-likeness (QED) is 0.368. The Bertz CT molecular complexity index is 1510. The van der Waals surface area contributed by atoms with E-state index in [2.05, 4.69) is 15.6 Å². The van der Waals surface area contributed by atoms with Crippen LogP contribution in [0.5, 0.6) is 0 Å². The summed E-state index contributed by atoms with van der Waals surface area (Å²) in [5, 5.41) is 15.3. The predicted octanol–water partition coefficient (Wildman–Crippen LogP) is 3.61. The minimum absolute atomic E-state index is 0.0262. The molecule has 2 aliphatic rings. The third kappa shape index (κ3) is 5.93. The van der Waals surface area contributed by atoms with E-state index in [9.17, 15) is 22.7 Å². The smallest absolute Gasteiger partial charge is 0.319 e. The van der Waals surface area contributed by atoms with E-state index in [0.717, 1.165) is 31.6 Å². The number of aromatic nitrogens is 2. The van der Waals surface area contributed by atoms with Gasteiger partial charge in [0.2, 0.25) is 5.95 Å². The number of nitrogens with one attached hydrogen (secondary N) is 2. The van der Waals surface area contributed by atoms with Gasteiger partial charge < -0.3 is 25.4 Å². The molecule has 12 heteroatoms. The summed E-state index contributed by atoms with van der Waals surface area (Å²) in [6.45, 7) is 3.39. The van der Waals surface area contributed by atoms with E-state index >= 15 is 0 Å². The van der Waals surface area contributed by atoms with Crippen LogP contribution in [0.4, 0.5) is 20.8 Å². The predicted molar refractivity (Wildman–Crippen MR) is 149 cm³/mol. The molecule has 1 aliphatic heterocycles. The van der Waals surface area contributed by atoms with Crippen molar-refractivity contribution in [3.8, 4) is 22.5 Å². The molecule has 1 saturated heterocycles. The molecule has 40 heavy (non-hydrogen) atoms. The Balaban J connectivity index is 1.50. The Morgan fingerprint density at radius 2 is 1.88 bits per heavy atom. The first-order chi connectivity index (χ1) is 19.1. The van der Waals surface area contributed by atoms with Gasteiger partial charge in [0.15, 0.2) is 9.84 Å². The second-order valence-electron chi connectivity index (χ2n) is 10.4. The number of benzene rings is 2. The van der Waals surface area contributed by atoms with Crippen molar-refractivity contribution in [2.75, 3.05) is 42.8 Å². The maximum absolute atomic E-state index is 14.3. The van der Waals surface area contributed by atoms with Gasteiger partial charge in [-0.15, -0.1) is 0 Å². The lowest BCUT2D eigenvalue weighted by molar-refractivity contribution is 0.0981. The Morgan fingerprint density at radius 3 is 2.50 bits per heavy atom. The molecule has 2 aromatic carbocycles. The largest absolute Gasteiger partial charge is 0.394 e. The lowest BCUT2D eigenvalue weighted by atomic mass is 9.77. The molecule has 1 atom stereocenters. The maximum atomic E-state index is 14.3. The summed E-state index contributed by atoms with van der Waals surface area (Å²) in [6, 6.07) is 11.8. The third-order valence-corrected chi connectivity index (χ3v) is 8.54. The van der Waals surface area contributed by atoms with Crippen molar-refractivity contribution < 1.29 is 27.4 Å². The van der Waals surface area contributed by atoms with Gasteiger partial charge in [0, 0.05) is 29.6 Å². The van der Waals surface area contributed by atoms with Gasteiger partial charge in [-0.05, 0) is 62.6 Å². The molecule has 3 N–H and O–H groups in total. The van der Waals surface area contributed by atoms with Gasteiger partial charge in [0.1, 0.15) is 5.82 Å². The van der Waals surface area contributed by atoms with Crippen LogP contribution < -0.4 is 15.5 Å². The first kappa shape index (κ1) is 27.9. The molecule has 0 bridgehead atoms. The van der Waals surface area contributed by atoms with Gasteiger partial charge in [-0.2, -0.15) is 0 Å². The number of amides is 2. The molecule has 212 valence electrons. The van der Waals surface area contributed by atoms with Crippen LogP contribution in [0.25, 0.3) is 22.5 Å². The third-order valence-electron chi connectivity index (χ3n) is 7.39. The van der Waals surface area contributed by atoms with Crippen molar-refractivity contribution >= 4 is 27.5 Å². The van der Waals surface area contributed by atoms with E-state index in [4.69, 9.17) is 9.72 Å². The van der Waals surface area contributed by atoms with Crippen LogP contribution in [0.3, 0.4) is 0 Å². The van der Waals surface area contributed by atoms with Crippen molar-refractivity contribution in [1.82, 2.24) is 15.3 Å². The van der Waals surface area contributed by atoms with Crippen LogP contribution in [0.15, 0.2) is 53.4 Å². The molecule has 1 saturated carbocycles. The number of halogens is 1. The number of carbonyl (C=O) groups excluding carboxylic acids is 1. The van der Waals surface area contributed by atoms with Crippen molar-refractivity contribution in [3.63, 3.8) is 0 Å². The lowest BCUT2D eigenvalue weighted by Crippen LogP contribution is -2.57. The lowest BCUT2D eigenvalue weighted by Gasteiger charge is -2.40. The number of nitrogens with zero attached hydrogens (tertiary/aromatic N) is 3. The Labute approximate surface area is 232 Å². The van der Waals surface area contributed by atoms with Crippen molar-refractivity contribution in [2.45, 2.75) is 42.7 Å². The first-order valence-electron chi connectivity index (χ1n) is 13.1. The summed E-state index contributed by atoms with van der Waals surface area (Å²) in [5.41, 5.74) is 1.62. The van der Waals surface area contributed by atoms with E-state index in [0.29, 0.717) is 42.7 Å². The molecule has 0 spiro atoms. The SMILES string of the molecule is C[C@H]1COCCN1c1nc(-c2ccc(NC(=O)NC3(CO)CCC3)cc2)cc(-c2cc(F)ccc2S(C)(=O)=O)n1. The fourth-order valence-electron chi connectivity index (χ4n) is 4.95. The summed E-state index contributed by atoms with van der Waals surface area (Å²) >= 11 is 0. The zero-order valence-corrected chi connectivity index (χ0v) is 23.2. The molecule has 0 radical (unpaired) electrons. The van der Waals surface area contributed by atoms with E-state index in [1.165, 1.54) is 12.1 Å². The normalized spacial score (nSPS) is 18.6. The van der Waals surface area contributed by atoms with E-state index in [-0.39, 0.29) is 28.8 Å². The highest BCUT2D eigenvalue weighted by Gasteiger charge is 2.37. The molecule has 2 heterocycles. The number of morpholine rings is 1. The Morgan fingerprint density at radius 1 is 1.15 bits per heavy atom. The molecule has 2 fully saturated rings. The highest BCUT2D eigenvalue weighted by Crippen LogP contribution is 2.33. The number of aliphatic hydroxyl groups is 1. The van der Waals surface area contributed by atoms with Crippen LogP contribution in [0.1, 0.15) is 26.2 Å². The number of hydrogen-bond acceptors (Lipinski definition) is 8. The number of aliphatic hydroxyl groups excluding tert-OH is 1. The maximum Gasteiger partial charge on any atom is 0.319 e. The van der Waals surface area contributed by atoms with Crippen LogP contribution in [-0.4, -0.2) is 73.7 Å². The second kappa shape index (κ2) is 11.1. The highest BCUT2D eigenvalue weighted by molar-refractivity contribution is 7.90. The molecule has 0 unspecified atom stereocenters. The van der Waals surface area contributed by atoms with Gasteiger partial charge >= 0.3 is 6.03 Å². The molecule has 10 nitrogen and oxygen atoms in total. The zero-order chi connectivity index (χ0) is 28.5. The summed E-state index contributed by atoms with van der Waals surface area (Å²) < 4.78 is 45.0. The first-order valence-corrected chi connectivity index (χ1v) is 15.0. The van der Waals surface area contributed by atoms with E-state index < -0.39 is 27.2 Å². The second-order valence-corrected chi connectivity index (χ2v) is 12.4. The van der Waals surface area contributed by atoms with Gasteiger partial charge in [-0.1, -0.05) is 12.1 Å². The summed E-state index contributed by atoms with van der Waals surface area (Å²) in [6.07, 6.45) is 3.51. The Kier molecular flexibility index (Phi) is 7.76. The van der Waals surface area contributed by atoms with Crippen LogP contribution in [-0.2, 0) is 14.6 Å². The molecule has 3 aromatic rings. The monoisotopic (exact) mass is 569 g/mol. The van der Waals surface area contributed by atoms with Gasteiger partial charge in [0.25, 0.3) is 0 Å². The topological polar surface area (TPSA) is 134 Å². The molecular formula is C28H32FN5O5S. The van der Waals surface area contributed by atoms with E-state index in [1.54, 1.807) is 30.3 Å². The molecule has 1 aromatic heterocycles. The molecule has 1 aliphatic carbocycles. The minimum atomic E-state index is -3.68. The average molecular weight is 570 g/mol. The van der Waals surface area contributed by atoms with Crippen LogP contribution in [0, 0.1) is 5.82 Å². The van der Waals surface area contributed by atoms with Crippen molar-refractivity contribution in [2.24, 2.45) is 0 Å². The summed E-state index contributed by atoms with van der Waals surface area (Å²) in [4.78, 5) is 23.9. The Hall–Kier alpha value is -3.61. The number of sulfone groups is 1. The number of ether oxygens (including phenoxy) is 1. The molecular weight excluding hydrogens is 537 g/mol. The van der Waals surface area contributed by atoms with Gasteiger partial charge in [-0.25, -0.2) is 27.6 Å². The van der Waals surface area contributed by atoms with Crippen LogP contribution >= 0.6 is 0 Å². The molecule has 5 rings (SSSR count).